The van der Waals surface area contributed by atoms with E-state index in [-0.39, 0.29) is 5.04 Å². The predicted molar refractivity (Wildman–Crippen MR) is 82.0 cm³/mol. The van der Waals surface area contributed by atoms with Crippen LogP contribution in [0.1, 0.15) is 20.8 Å². The molecule has 0 spiro atoms. The molecule has 0 aliphatic heterocycles. The third-order valence-corrected chi connectivity index (χ3v) is 8.25. The van der Waals surface area contributed by atoms with E-state index in [0.29, 0.717) is 6.61 Å². The highest BCUT2D eigenvalue weighted by Crippen LogP contribution is 2.36. The van der Waals surface area contributed by atoms with E-state index in [0.717, 1.165) is 0 Å². The molecule has 0 atom stereocenters. The van der Waals surface area contributed by atoms with Crippen LogP contribution >= 0.6 is 0 Å². The first-order chi connectivity index (χ1) is 7.46. The zero-order valence-electron chi connectivity index (χ0n) is 12.6. The first kappa shape index (κ1) is 16.5. The highest BCUT2D eigenvalue weighted by atomic mass is 28.4. The van der Waals surface area contributed by atoms with E-state index in [9.17, 15) is 0 Å². The molecule has 0 aromatic rings. The highest BCUT2D eigenvalue weighted by molar-refractivity contribution is 6.83. The molecule has 0 aromatic heterocycles. The van der Waals surface area contributed by atoms with Gasteiger partial charge in [-0.25, -0.2) is 0 Å². The molecule has 0 heterocycles. The second-order valence-electron chi connectivity index (χ2n) is 6.85. The smallest absolute Gasteiger partial charge is 0.193 e. The van der Waals surface area contributed by atoms with Crippen LogP contribution in [-0.2, 0) is 4.43 Å². The van der Waals surface area contributed by atoms with Crippen LogP contribution < -0.4 is 0 Å². The molecule has 0 N–H and O–H groups in total. The van der Waals surface area contributed by atoms with Crippen LogP contribution in [0.2, 0.25) is 37.8 Å². The molecule has 0 radical (unpaired) electrons. The maximum Gasteiger partial charge on any atom is 0.193 e. The Hall–Kier alpha value is -0.486. The fraction of sp³-hybridized carbons (Fsp3) is 0.714. The van der Waals surface area contributed by atoms with E-state index in [1.165, 1.54) is 0 Å². The number of rotatable bonds is 2. The summed E-state index contributed by atoms with van der Waals surface area (Å²) in [5, 5.41) is 0.249. The third kappa shape index (κ3) is 7.44. The zero-order chi connectivity index (χ0) is 13.7. The van der Waals surface area contributed by atoms with Crippen molar-refractivity contribution in [3.05, 3.63) is 0 Å². The summed E-state index contributed by atoms with van der Waals surface area (Å²) in [6, 6.07) is 0. The second-order valence-corrected chi connectivity index (χ2v) is 16.4. The minimum absolute atomic E-state index is 0.249. The molecule has 0 unspecified atom stereocenters. The van der Waals surface area contributed by atoms with E-state index in [1.54, 1.807) is 0 Å². The molecule has 0 aromatic carbocycles. The lowest BCUT2D eigenvalue weighted by Gasteiger charge is -2.35. The standard InChI is InChI=1S/C14H26OSi2/c1-14(2,3)17(7,8)15-12-10-9-11-13-16(4,5)6/h12H2,1-8H3. The normalized spacial score (nSPS) is 12.2. The van der Waals surface area contributed by atoms with Gasteiger partial charge in [-0.2, -0.15) is 0 Å². The molecule has 3 heteroatoms. The van der Waals surface area contributed by atoms with Gasteiger partial charge in [0.15, 0.2) is 8.32 Å². The van der Waals surface area contributed by atoms with Crippen LogP contribution in [-0.4, -0.2) is 23.0 Å². The maximum atomic E-state index is 5.93. The molecule has 0 amide bonds. The summed E-state index contributed by atoms with van der Waals surface area (Å²) < 4.78 is 5.93. The number of hydrogen-bond donors (Lipinski definition) is 0. The van der Waals surface area contributed by atoms with Gasteiger partial charge in [-0.3, -0.25) is 0 Å². The van der Waals surface area contributed by atoms with E-state index < -0.39 is 16.4 Å². The van der Waals surface area contributed by atoms with E-state index in [4.69, 9.17) is 4.43 Å². The van der Waals surface area contributed by atoms with Crippen LogP contribution in [0.15, 0.2) is 0 Å². The minimum Gasteiger partial charge on any atom is -0.406 e. The van der Waals surface area contributed by atoms with Gasteiger partial charge in [0, 0.05) is 0 Å². The molecule has 17 heavy (non-hydrogen) atoms. The van der Waals surface area contributed by atoms with Crippen molar-refractivity contribution in [1.29, 1.82) is 0 Å². The first-order valence-corrected chi connectivity index (χ1v) is 12.5. The van der Waals surface area contributed by atoms with Crippen LogP contribution in [0, 0.1) is 23.3 Å². The topological polar surface area (TPSA) is 9.23 Å². The van der Waals surface area contributed by atoms with Gasteiger partial charge in [-0.15, -0.1) is 5.54 Å². The largest absolute Gasteiger partial charge is 0.406 e. The van der Waals surface area contributed by atoms with Crippen LogP contribution in [0.4, 0.5) is 0 Å². The van der Waals surface area contributed by atoms with Crippen LogP contribution in [0.3, 0.4) is 0 Å². The number of hydrogen-bond acceptors (Lipinski definition) is 1. The molecule has 0 aliphatic carbocycles. The minimum atomic E-state index is -1.64. The molecule has 0 saturated heterocycles. The Bertz CT molecular complexity index is 361. The van der Waals surface area contributed by atoms with Gasteiger partial charge in [0.05, 0.1) is 6.61 Å². The fourth-order valence-electron chi connectivity index (χ4n) is 0.732. The highest BCUT2D eigenvalue weighted by Gasteiger charge is 2.36. The lowest BCUT2D eigenvalue weighted by molar-refractivity contribution is 0.334. The lowest BCUT2D eigenvalue weighted by Crippen LogP contribution is -2.40. The van der Waals surface area contributed by atoms with Gasteiger partial charge in [0.2, 0.25) is 0 Å². The average Bonchev–Trinajstić information content (AvgIpc) is 2.07. The monoisotopic (exact) mass is 266 g/mol. The van der Waals surface area contributed by atoms with Crippen LogP contribution in [0.5, 0.6) is 0 Å². The van der Waals surface area contributed by atoms with Gasteiger partial charge in [0.25, 0.3) is 0 Å². The van der Waals surface area contributed by atoms with Crippen molar-refractivity contribution in [2.45, 2.75) is 58.5 Å². The second kappa shape index (κ2) is 5.91. The van der Waals surface area contributed by atoms with Gasteiger partial charge in [-0.05, 0) is 30.0 Å². The lowest BCUT2D eigenvalue weighted by atomic mass is 10.2. The third-order valence-electron chi connectivity index (χ3n) is 2.90. The van der Waals surface area contributed by atoms with Crippen molar-refractivity contribution in [1.82, 2.24) is 0 Å². The Morgan fingerprint density at radius 2 is 1.47 bits per heavy atom. The zero-order valence-corrected chi connectivity index (χ0v) is 14.6. The molecule has 0 bridgehead atoms. The molecular formula is C14H26OSi2. The van der Waals surface area contributed by atoms with Gasteiger partial charge >= 0.3 is 0 Å². The average molecular weight is 267 g/mol. The predicted octanol–water partition coefficient (Wildman–Crippen LogP) is 3.89. The van der Waals surface area contributed by atoms with Crippen molar-refractivity contribution in [3.8, 4) is 23.3 Å². The molecule has 1 nitrogen and oxygen atoms in total. The van der Waals surface area contributed by atoms with E-state index in [1.807, 2.05) is 0 Å². The SMILES string of the molecule is CC(C)(C)[Si](C)(C)OCC#CC#C[Si](C)(C)C. The Kier molecular flexibility index (Phi) is 5.74. The Morgan fingerprint density at radius 3 is 1.88 bits per heavy atom. The van der Waals surface area contributed by atoms with E-state index >= 15 is 0 Å². The summed E-state index contributed by atoms with van der Waals surface area (Å²) >= 11 is 0. The summed E-state index contributed by atoms with van der Waals surface area (Å²) in [7, 11) is -2.92. The van der Waals surface area contributed by atoms with Crippen molar-refractivity contribution in [3.63, 3.8) is 0 Å². The van der Waals surface area contributed by atoms with Crippen molar-refractivity contribution in [2.24, 2.45) is 0 Å². The first-order valence-electron chi connectivity index (χ1n) is 6.10. The molecule has 96 valence electrons. The van der Waals surface area contributed by atoms with Crippen molar-refractivity contribution in [2.75, 3.05) is 6.61 Å². The summed E-state index contributed by atoms with van der Waals surface area (Å²) in [6.07, 6.45) is 0. The quantitative estimate of drug-likeness (QED) is 0.544. The summed E-state index contributed by atoms with van der Waals surface area (Å²) in [5.41, 5.74) is 3.22. The molecule has 0 fully saturated rings. The summed E-state index contributed by atoms with van der Waals surface area (Å²) in [5.74, 6) is 8.82. The van der Waals surface area contributed by atoms with Crippen molar-refractivity contribution >= 4 is 16.4 Å². The van der Waals surface area contributed by atoms with Crippen LogP contribution in [0.25, 0.3) is 0 Å². The Labute approximate surface area is 109 Å². The molecule has 0 aliphatic rings. The fourth-order valence-corrected chi connectivity index (χ4v) is 2.04. The van der Waals surface area contributed by atoms with Gasteiger partial charge in [-0.1, -0.05) is 46.3 Å². The Morgan fingerprint density at radius 1 is 0.941 bits per heavy atom. The molecule has 0 rings (SSSR count). The molecular weight excluding hydrogens is 240 g/mol. The van der Waals surface area contributed by atoms with Gasteiger partial charge < -0.3 is 4.43 Å². The Balaban J connectivity index is 4.26. The summed E-state index contributed by atoms with van der Waals surface area (Å²) in [6.45, 7) is 18.3. The van der Waals surface area contributed by atoms with Gasteiger partial charge in [0.1, 0.15) is 8.07 Å². The maximum absolute atomic E-state index is 5.93. The van der Waals surface area contributed by atoms with Crippen molar-refractivity contribution < 1.29 is 4.43 Å². The molecule has 0 saturated carbocycles. The summed E-state index contributed by atoms with van der Waals surface area (Å²) in [4.78, 5) is 0. The van der Waals surface area contributed by atoms with E-state index in [2.05, 4.69) is 76.8 Å².